The normalized spacial score (nSPS) is 18.4. The molecule has 0 spiro atoms. The molecule has 78 valence electrons. The number of rotatable bonds is 5. The van der Waals surface area contributed by atoms with Crippen molar-refractivity contribution in [1.82, 2.24) is 25.5 Å². The number of aryl methyl sites for hydroxylation is 2. The number of hydrogen-bond donors (Lipinski definition) is 1. The van der Waals surface area contributed by atoms with Crippen molar-refractivity contribution in [1.29, 1.82) is 0 Å². The largest absolute Gasteiger partial charge is 0.317 e. The fourth-order valence-electron chi connectivity index (χ4n) is 1.82. The summed E-state index contributed by atoms with van der Waals surface area (Å²) in [5, 5.41) is 15.3. The molecule has 5 heteroatoms. The molecule has 0 saturated heterocycles. The van der Waals surface area contributed by atoms with Gasteiger partial charge in [-0.15, -0.1) is 10.2 Å². The molecule has 1 saturated carbocycles. The summed E-state index contributed by atoms with van der Waals surface area (Å²) >= 11 is 0. The van der Waals surface area contributed by atoms with E-state index >= 15 is 0 Å². The van der Waals surface area contributed by atoms with Crippen molar-refractivity contribution in [3.05, 3.63) is 5.82 Å². The number of tetrazole rings is 1. The van der Waals surface area contributed by atoms with E-state index in [-0.39, 0.29) is 0 Å². The monoisotopic (exact) mass is 195 g/mol. The highest BCUT2D eigenvalue weighted by Gasteiger charge is 2.29. The van der Waals surface area contributed by atoms with Crippen LogP contribution < -0.4 is 5.32 Å². The molecule has 0 bridgehead atoms. The van der Waals surface area contributed by atoms with Crippen LogP contribution in [0, 0.1) is 5.92 Å². The van der Waals surface area contributed by atoms with Gasteiger partial charge in [-0.3, -0.25) is 0 Å². The van der Waals surface area contributed by atoms with Crippen LogP contribution in [0.4, 0.5) is 0 Å². The molecule has 1 aromatic heterocycles. The van der Waals surface area contributed by atoms with E-state index in [1.54, 1.807) is 7.05 Å². The lowest BCUT2D eigenvalue weighted by Crippen LogP contribution is -2.27. The van der Waals surface area contributed by atoms with E-state index in [0.717, 1.165) is 24.6 Å². The summed E-state index contributed by atoms with van der Waals surface area (Å²) in [6, 6.07) is 0.638. The average Bonchev–Trinajstić information content (AvgIpc) is 2.92. The van der Waals surface area contributed by atoms with Gasteiger partial charge in [0.05, 0.1) is 7.05 Å². The first-order valence-electron chi connectivity index (χ1n) is 5.19. The smallest absolute Gasteiger partial charge is 0.174 e. The van der Waals surface area contributed by atoms with Gasteiger partial charge in [0.25, 0.3) is 0 Å². The summed E-state index contributed by atoms with van der Waals surface area (Å²) in [5.41, 5.74) is 0. The number of aromatic nitrogens is 4. The second-order valence-corrected chi connectivity index (χ2v) is 3.97. The predicted molar refractivity (Wildman–Crippen MR) is 52.7 cm³/mol. The van der Waals surface area contributed by atoms with Crippen molar-refractivity contribution in [3.63, 3.8) is 0 Å². The van der Waals surface area contributed by atoms with Gasteiger partial charge in [-0.1, -0.05) is 0 Å². The lowest BCUT2D eigenvalue weighted by Gasteiger charge is -2.13. The predicted octanol–water partition coefficient (Wildman–Crippen LogP) is 0.141. The van der Waals surface area contributed by atoms with E-state index < -0.39 is 0 Å². The van der Waals surface area contributed by atoms with Crippen molar-refractivity contribution in [2.24, 2.45) is 13.0 Å². The van der Waals surface area contributed by atoms with Crippen molar-refractivity contribution in [2.45, 2.75) is 31.7 Å². The Kier molecular flexibility index (Phi) is 2.77. The zero-order chi connectivity index (χ0) is 9.97. The third-order valence-corrected chi connectivity index (χ3v) is 2.79. The first-order valence-corrected chi connectivity index (χ1v) is 5.19. The Labute approximate surface area is 83.9 Å². The van der Waals surface area contributed by atoms with E-state index in [0.29, 0.717) is 6.04 Å². The zero-order valence-electron chi connectivity index (χ0n) is 8.77. The van der Waals surface area contributed by atoms with Crippen LogP contribution in [0.3, 0.4) is 0 Å². The van der Waals surface area contributed by atoms with Gasteiger partial charge in [0.2, 0.25) is 0 Å². The molecule has 1 heterocycles. The van der Waals surface area contributed by atoms with Crippen molar-refractivity contribution in [2.75, 3.05) is 7.05 Å². The van der Waals surface area contributed by atoms with E-state index in [2.05, 4.69) is 20.7 Å². The summed E-state index contributed by atoms with van der Waals surface area (Å²) in [4.78, 5) is 1.51. The SMILES string of the molecule is CNC(CCc1nnn(C)n1)C1CC1. The molecule has 1 aromatic rings. The highest BCUT2D eigenvalue weighted by molar-refractivity contribution is 4.88. The number of nitrogens with one attached hydrogen (secondary N) is 1. The fraction of sp³-hybridized carbons (Fsp3) is 0.889. The molecule has 1 N–H and O–H groups in total. The van der Waals surface area contributed by atoms with Gasteiger partial charge >= 0.3 is 0 Å². The maximum atomic E-state index is 4.16. The molecule has 1 aliphatic rings. The third-order valence-electron chi connectivity index (χ3n) is 2.79. The van der Waals surface area contributed by atoms with Crippen LogP contribution in [0.2, 0.25) is 0 Å². The molecule has 0 radical (unpaired) electrons. The summed E-state index contributed by atoms with van der Waals surface area (Å²) in [6.07, 6.45) is 4.79. The molecule has 14 heavy (non-hydrogen) atoms. The van der Waals surface area contributed by atoms with E-state index in [4.69, 9.17) is 0 Å². The Morgan fingerprint density at radius 1 is 1.57 bits per heavy atom. The molecule has 0 aliphatic heterocycles. The first kappa shape index (κ1) is 9.58. The molecule has 5 nitrogen and oxygen atoms in total. The Hall–Kier alpha value is -0.970. The van der Waals surface area contributed by atoms with Gasteiger partial charge in [-0.25, -0.2) is 0 Å². The van der Waals surface area contributed by atoms with Crippen LogP contribution in [-0.2, 0) is 13.5 Å². The van der Waals surface area contributed by atoms with Gasteiger partial charge in [0.15, 0.2) is 5.82 Å². The van der Waals surface area contributed by atoms with Gasteiger partial charge in [-0.2, -0.15) is 4.80 Å². The highest BCUT2D eigenvalue weighted by atomic mass is 15.6. The van der Waals surface area contributed by atoms with Gasteiger partial charge in [0, 0.05) is 12.5 Å². The molecule has 1 unspecified atom stereocenters. The van der Waals surface area contributed by atoms with Gasteiger partial charge < -0.3 is 5.32 Å². The number of hydrogen-bond acceptors (Lipinski definition) is 4. The minimum atomic E-state index is 0.638. The van der Waals surface area contributed by atoms with Crippen molar-refractivity contribution in [3.8, 4) is 0 Å². The van der Waals surface area contributed by atoms with Crippen molar-refractivity contribution < 1.29 is 0 Å². The maximum Gasteiger partial charge on any atom is 0.174 e. The van der Waals surface area contributed by atoms with Crippen LogP contribution in [0.25, 0.3) is 0 Å². The number of nitrogens with zero attached hydrogens (tertiary/aromatic N) is 4. The zero-order valence-corrected chi connectivity index (χ0v) is 8.77. The van der Waals surface area contributed by atoms with Crippen LogP contribution >= 0.6 is 0 Å². The lowest BCUT2D eigenvalue weighted by molar-refractivity contribution is 0.465. The van der Waals surface area contributed by atoms with Crippen LogP contribution in [0.5, 0.6) is 0 Å². The summed E-state index contributed by atoms with van der Waals surface area (Å²) in [6.45, 7) is 0. The Bertz CT molecular complexity index is 291. The van der Waals surface area contributed by atoms with Crippen molar-refractivity contribution >= 4 is 0 Å². The molecule has 2 rings (SSSR count). The minimum Gasteiger partial charge on any atom is -0.317 e. The Balaban J connectivity index is 1.80. The quantitative estimate of drug-likeness (QED) is 0.726. The van der Waals surface area contributed by atoms with E-state index in [1.807, 2.05) is 7.05 Å². The molecule has 1 atom stereocenters. The molecule has 0 amide bonds. The van der Waals surface area contributed by atoms with E-state index in [9.17, 15) is 0 Å². The summed E-state index contributed by atoms with van der Waals surface area (Å²) < 4.78 is 0. The molecule has 0 aromatic carbocycles. The molecule has 1 aliphatic carbocycles. The summed E-state index contributed by atoms with van der Waals surface area (Å²) in [5.74, 6) is 1.74. The van der Waals surface area contributed by atoms with Crippen LogP contribution in [0.1, 0.15) is 25.1 Å². The van der Waals surface area contributed by atoms with Gasteiger partial charge in [-0.05, 0) is 37.4 Å². The third kappa shape index (κ3) is 2.29. The van der Waals surface area contributed by atoms with Gasteiger partial charge in [0.1, 0.15) is 0 Å². The minimum absolute atomic E-state index is 0.638. The van der Waals surface area contributed by atoms with E-state index in [1.165, 1.54) is 17.6 Å². The second kappa shape index (κ2) is 4.04. The molecule has 1 fully saturated rings. The average molecular weight is 195 g/mol. The maximum absolute atomic E-state index is 4.16. The Morgan fingerprint density at radius 3 is 2.86 bits per heavy atom. The molecular formula is C9H17N5. The first-order chi connectivity index (χ1) is 6.79. The fourth-order valence-corrected chi connectivity index (χ4v) is 1.82. The summed E-state index contributed by atoms with van der Waals surface area (Å²) in [7, 11) is 3.83. The van der Waals surface area contributed by atoms with Crippen LogP contribution in [-0.4, -0.2) is 33.3 Å². The van der Waals surface area contributed by atoms with Crippen LogP contribution in [0.15, 0.2) is 0 Å². The topological polar surface area (TPSA) is 55.6 Å². The highest BCUT2D eigenvalue weighted by Crippen LogP contribution is 2.34. The standard InChI is InChI=1S/C9H17N5/c1-10-8(7-3-4-7)5-6-9-11-13-14(2)12-9/h7-8,10H,3-6H2,1-2H3. The second-order valence-electron chi connectivity index (χ2n) is 3.97. The molecular weight excluding hydrogens is 178 g/mol. The Morgan fingerprint density at radius 2 is 2.36 bits per heavy atom. The lowest BCUT2D eigenvalue weighted by atomic mass is 10.1.